The number of nitrogens with zero attached hydrogens (tertiary/aromatic N) is 1. The van der Waals surface area contributed by atoms with Crippen LogP contribution in [0, 0.1) is 5.82 Å². The van der Waals surface area contributed by atoms with Crippen molar-refractivity contribution >= 4 is 11.9 Å². The molecule has 1 heterocycles. The zero-order valence-corrected chi connectivity index (χ0v) is 12.0. The molecular formula is C17H14FNO3. The summed E-state index contributed by atoms with van der Waals surface area (Å²) in [6.45, 7) is 0.613. The third-order valence-electron chi connectivity index (χ3n) is 3.75. The van der Waals surface area contributed by atoms with Crippen LogP contribution in [-0.4, -0.2) is 23.9 Å². The van der Waals surface area contributed by atoms with E-state index in [1.807, 2.05) is 18.2 Å². The summed E-state index contributed by atoms with van der Waals surface area (Å²) in [6, 6.07) is 11.7. The maximum atomic E-state index is 13.9. The summed E-state index contributed by atoms with van der Waals surface area (Å²) in [5, 5.41) is 0. The Hall–Kier alpha value is -2.69. The molecule has 1 amide bonds. The number of carbonyl (C=O) groups is 2. The number of hydrogen-bond donors (Lipinski definition) is 0. The highest BCUT2D eigenvalue weighted by Gasteiger charge is 2.28. The minimum Gasteiger partial charge on any atom is -0.465 e. The van der Waals surface area contributed by atoms with Gasteiger partial charge in [-0.2, -0.15) is 0 Å². The average molecular weight is 299 g/mol. The summed E-state index contributed by atoms with van der Waals surface area (Å²) in [4.78, 5) is 25.7. The number of ether oxygens (including phenoxy) is 1. The number of carbonyl (C=O) groups excluding carboxylic acids is 2. The maximum absolute atomic E-state index is 13.9. The largest absolute Gasteiger partial charge is 0.465 e. The van der Waals surface area contributed by atoms with Crippen molar-refractivity contribution in [1.82, 2.24) is 4.90 Å². The van der Waals surface area contributed by atoms with Gasteiger partial charge in [-0.15, -0.1) is 0 Å². The van der Waals surface area contributed by atoms with Crippen molar-refractivity contribution in [1.29, 1.82) is 0 Å². The molecule has 22 heavy (non-hydrogen) atoms. The minimum atomic E-state index is -0.739. The zero-order valence-electron chi connectivity index (χ0n) is 12.0. The van der Waals surface area contributed by atoms with Gasteiger partial charge in [0.15, 0.2) is 0 Å². The number of benzene rings is 2. The van der Waals surface area contributed by atoms with Gasteiger partial charge >= 0.3 is 5.97 Å². The Balaban J connectivity index is 1.91. The van der Waals surface area contributed by atoms with Crippen LogP contribution < -0.4 is 0 Å². The van der Waals surface area contributed by atoms with Crippen LogP contribution in [0.25, 0.3) is 0 Å². The van der Waals surface area contributed by atoms with Gasteiger partial charge in [0.2, 0.25) is 0 Å². The number of fused-ring (bicyclic) bond motifs is 1. The van der Waals surface area contributed by atoms with E-state index in [2.05, 4.69) is 4.74 Å². The molecular weight excluding hydrogens is 285 g/mol. The Labute approximate surface area is 127 Å². The van der Waals surface area contributed by atoms with Crippen LogP contribution in [0.15, 0.2) is 42.5 Å². The van der Waals surface area contributed by atoms with Crippen molar-refractivity contribution in [2.45, 2.75) is 13.1 Å². The molecule has 0 fully saturated rings. The first kappa shape index (κ1) is 14.3. The molecule has 2 aromatic carbocycles. The van der Waals surface area contributed by atoms with Gasteiger partial charge in [-0.1, -0.05) is 30.3 Å². The normalized spacial score (nSPS) is 13.2. The highest BCUT2D eigenvalue weighted by molar-refractivity contribution is 5.98. The number of rotatable bonds is 3. The van der Waals surface area contributed by atoms with Crippen molar-refractivity contribution in [2.24, 2.45) is 0 Å². The summed E-state index contributed by atoms with van der Waals surface area (Å²) in [6.07, 6.45) is 0. The molecule has 1 aliphatic rings. The Bertz CT molecular complexity index is 757. The molecule has 0 saturated heterocycles. The third kappa shape index (κ3) is 2.35. The van der Waals surface area contributed by atoms with Gasteiger partial charge in [0, 0.05) is 18.7 Å². The monoisotopic (exact) mass is 299 g/mol. The fourth-order valence-electron chi connectivity index (χ4n) is 2.68. The molecule has 0 radical (unpaired) electrons. The van der Waals surface area contributed by atoms with Gasteiger partial charge < -0.3 is 9.64 Å². The van der Waals surface area contributed by atoms with Crippen molar-refractivity contribution in [3.63, 3.8) is 0 Å². The summed E-state index contributed by atoms with van der Waals surface area (Å²) in [5.74, 6) is -1.50. The fourth-order valence-corrected chi connectivity index (χ4v) is 2.68. The van der Waals surface area contributed by atoms with Crippen LogP contribution in [0.1, 0.15) is 31.8 Å². The summed E-state index contributed by atoms with van der Waals surface area (Å²) in [5.41, 5.74) is 1.91. The van der Waals surface area contributed by atoms with Gasteiger partial charge in [0.05, 0.1) is 7.11 Å². The van der Waals surface area contributed by atoms with E-state index in [9.17, 15) is 14.0 Å². The smallest absolute Gasteiger partial charge is 0.341 e. The fraction of sp³-hybridized carbons (Fsp3) is 0.176. The van der Waals surface area contributed by atoms with Crippen molar-refractivity contribution < 1.29 is 18.7 Å². The molecule has 0 N–H and O–H groups in total. The van der Waals surface area contributed by atoms with Crippen LogP contribution in [0.5, 0.6) is 0 Å². The first-order valence-electron chi connectivity index (χ1n) is 6.84. The second-order valence-electron chi connectivity index (χ2n) is 5.08. The second-order valence-corrected chi connectivity index (χ2v) is 5.08. The van der Waals surface area contributed by atoms with Crippen LogP contribution in [-0.2, 0) is 17.8 Å². The lowest BCUT2D eigenvalue weighted by Crippen LogP contribution is -2.25. The molecule has 0 spiro atoms. The van der Waals surface area contributed by atoms with E-state index < -0.39 is 11.8 Å². The Morgan fingerprint density at radius 1 is 1.23 bits per heavy atom. The number of halogens is 1. The number of methoxy groups -OCH3 is 1. The highest BCUT2D eigenvalue weighted by Crippen LogP contribution is 2.25. The minimum absolute atomic E-state index is 0.115. The molecule has 4 nitrogen and oxygen atoms in total. The Morgan fingerprint density at radius 2 is 2.00 bits per heavy atom. The Kier molecular flexibility index (Phi) is 3.63. The summed E-state index contributed by atoms with van der Waals surface area (Å²) in [7, 11) is 1.20. The van der Waals surface area contributed by atoms with Gasteiger partial charge in [-0.05, 0) is 23.3 Å². The van der Waals surface area contributed by atoms with Gasteiger partial charge in [-0.3, -0.25) is 4.79 Å². The molecule has 0 bridgehead atoms. The predicted octanol–water partition coefficient (Wildman–Crippen LogP) is 2.77. The molecule has 0 unspecified atom stereocenters. The highest BCUT2D eigenvalue weighted by atomic mass is 19.1. The molecule has 0 atom stereocenters. The first-order chi connectivity index (χ1) is 10.6. The summed E-state index contributed by atoms with van der Waals surface area (Å²) >= 11 is 0. The lowest BCUT2D eigenvalue weighted by molar-refractivity contribution is 0.0589. The van der Waals surface area contributed by atoms with Crippen LogP contribution >= 0.6 is 0 Å². The van der Waals surface area contributed by atoms with Crippen LogP contribution in [0.3, 0.4) is 0 Å². The van der Waals surface area contributed by atoms with Gasteiger partial charge in [-0.25, -0.2) is 9.18 Å². The second kappa shape index (κ2) is 5.60. The number of esters is 1. The molecule has 0 aliphatic carbocycles. The van der Waals surface area contributed by atoms with Crippen molar-refractivity contribution in [2.75, 3.05) is 7.11 Å². The number of amides is 1. The SMILES string of the molecule is COC(=O)c1c(F)cccc1CN1Cc2ccccc2C1=O. The van der Waals surface area contributed by atoms with Crippen molar-refractivity contribution in [3.05, 3.63) is 70.5 Å². The average Bonchev–Trinajstić information content (AvgIpc) is 2.84. The lowest BCUT2D eigenvalue weighted by atomic mass is 10.1. The number of hydrogen-bond acceptors (Lipinski definition) is 3. The predicted molar refractivity (Wildman–Crippen MR) is 77.8 cm³/mol. The van der Waals surface area contributed by atoms with E-state index in [0.717, 1.165) is 5.56 Å². The van der Waals surface area contributed by atoms with Gasteiger partial charge in [0.25, 0.3) is 5.91 Å². The molecule has 0 saturated carbocycles. The first-order valence-corrected chi connectivity index (χ1v) is 6.84. The zero-order chi connectivity index (χ0) is 15.7. The Morgan fingerprint density at radius 3 is 2.73 bits per heavy atom. The van der Waals surface area contributed by atoms with E-state index in [-0.39, 0.29) is 18.0 Å². The van der Waals surface area contributed by atoms with E-state index >= 15 is 0 Å². The quantitative estimate of drug-likeness (QED) is 0.819. The van der Waals surface area contributed by atoms with Crippen LogP contribution in [0.2, 0.25) is 0 Å². The van der Waals surface area contributed by atoms with Crippen LogP contribution in [0.4, 0.5) is 4.39 Å². The molecule has 112 valence electrons. The van der Waals surface area contributed by atoms with E-state index in [4.69, 9.17) is 0 Å². The summed E-state index contributed by atoms with van der Waals surface area (Å²) < 4.78 is 18.5. The van der Waals surface area contributed by atoms with E-state index in [1.54, 1.807) is 17.0 Å². The molecule has 5 heteroatoms. The van der Waals surface area contributed by atoms with Gasteiger partial charge in [0.1, 0.15) is 11.4 Å². The van der Waals surface area contributed by atoms with Crippen molar-refractivity contribution in [3.8, 4) is 0 Å². The maximum Gasteiger partial charge on any atom is 0.341 e. The molecule has 3 rings (SSSR count). The molecule has 1 aliphatic heterocycles. The molecule has 2 aromatic rings. The topological polar surface area (TPSA) is 46.6 Å². The standard InChI is InChI=1S/C17H14FNO3/c1-22-17(21)15-12(6-4-8-14(15)18)10-19-9-11-5-2-3-7-13(11)16(19)20/h2-8H,9-10H2,1H3. The van der Waals surface area contributed by atoms with E-state index in [1.165, 1.54) is 19.2 Å². The lowest BCUT2D eigenvalue weighted by Gasteiger charge is -2.17. The van der Waals surface area contributed by atoms with E-state index in [0.29, 0.717) is 17.7 Å². The molecule has 0 aromatic heterocycles. The third-order valence-corrected chi connectivity index (χ3v) is 3.75.